The summed E-state index contributed by atoms with van der Waals surface area (Å²) in [6.07, 6.45) is 3.27. The van der Waals surface area contributed by atoms with Gasteiger partial charge < -0.3 is 4.74 Å². The van der Waals surface area contributed by atoms with Gasteiger partial charge in [0, 0.05) is 13.5 Å². The van der Waals surface area contributed by atoms with E-state index in [2.05, 4.69) is 5.32 Å². The summed E-state index contributed by atoms with van der Waals surface area (Å²) in [6, 6.07) is 0. The SMILES string of the molecule is COC1CCCCCC(=O)[N]C1=O. The number of nitrogens with zero attached hydrogens (tertiary/aromatic N) is 1. The molecule has 4 heteroatoms. The quantitative estimate of drug-likeness (QED) is 0.561. The van der Waals surface area contributed by atoms with Gasteiger partial charge in [-0.05, 0) is 12.8 Å². The van der Waals surface area contributed by atoms with Crippen LogP contribution in [0.25, 0.3) is 0 Å². The Labute approximate surface area is 77.6 Å². The van der Waals surface area contributed by atoms with Gasteiger partial charge in [-0.1, -0.05) is 12.8 Å². The predicted octanol–water partition coefficient (Wildman–Crippen LogP) is 0.623. The van der Waals surface area contributed by atoms with Crippen molar-refractivity contribution in [1.82, 2.24) is 5.32 Å². The van der Waals surface area contributed by atoms with Crippen LogP contribution in [0.3, 0.4) is 0 Å². The van der Waals surface area contributed by atoms with Crippen LogP contribution in [-0.2, 0) is 14.3 Å². The van der Waals surface area contributed by atoms with Crippen molar-refractivity contribution in [2.75, 3.05) is 7.11 Å². The summed E-state index contributed by atoms with van der Waals surface area (Å²) >= 11 is 0. The maximum atomic E-state index is 11.2. The van der Waals surface area contributed by atoms with Crippen LogP contribution in [0.15, 0.2) is 0 Å². The van der Waals surface area contributed by atoms with Gasteiger partial charge in [-0.25, -0.2) is 0 Å². The Morgan fingerprint density at radius 1 is 1.31 bits per heavy atom. The number of hydrogen-bond acceptors (Lipinski definition) is 3. The van der Waals surface area contributed by atoms with E-state index in [1.54, 1.807) is 0 Å². The third-order valence-electron chi connectivity index (χ3n) is 2.15. The first-order valence-corrected chi connectivity index (χ1v) is 4.55. The summed E-state index contributed by atoms with van der Waals surface area (Å²) in [5.74, 6) is -0.733. The highest BCUT2D eigenvalue weighted by Gasteiger charge is 2.22. The molecule has 73 valence electrons. The van der Waals surface area contributed by atoms with E-state index in [1.165, 1.54) is 7.11 Å². The van der Waals surface area contributed by atoms with Gasteiger partial charge in [0.15, 0.2) is 0 Å². The fourth-order valence-corrected chi connectivity index (χ4v) is 1.38. The Morgan fingerprint density at radius 2 is 2.08 bits per heavy atom. The summed E-state index contributed by atoms with van der Waals surface area (Å²) < 4.78 is 4.95. The lowest BCUT2D eigenvalue weighted by molar-refractivity contribution is -0.137. The molecule has 2 amide bonds. The van der Waals surface area contributed by atoms with E-state index in [4.69, 9.17) is 4.74 Å². The van der Waals surface area contributed by atoms with Crippen molar-refractivity contribution >= 4 is 11.8 Å². The number of carbonyl (C=O) groups is 2. The first-order chi connectivity index (χ1) is 6.24. The summed E-state index contributed by atoms with van der Waals surface area (Å²) in [5, 5.41) is 3.45. The predicted molar refractivity (Wildman–Crippen MR) is 46.0 cm³/mol. The second kappa shape index (κ2) is 4.97. The third-order valence-corrected chi connectivity index (χ3v) is 2.15. The number of ether oxygens (including phenoxy) is 1. The Morgan fingerprint density at radius 3 is 2.77 bits per heavy atom. The van der Waals surface area contributed by atoms with E-state index >= 15 is 0 Å². The van der Waals surface area contributed by atoms with Gasteiger partial charge in [0.1, 0.15) is 6.10 Å². The molecule has 0 aliphatic carbocycles. The van der Waals surface area contributed by atoms with Crippen molar-refractivity contribution < 1.29 is 14.3 Å². The van der Waals surface area contributed by atoms with E-state index in [-0.39, 0.29) is 5.91 Å². The van der Waals surface area contributed by atoms with E-state index in [0.29, 0.717) is 12.8 Å². The van der Waals surface area contributed by atoms with Gasteiger partial charge >= 0.3 is 0 Å². The smallest absolute Gasteiger partial charge is 0.277 e. The lowest BCUT2D eigenvalue weighted by Gasteiger charge is -2.10. The Hall–Kier alpha value is -0.900. The van der Waals surface area contributed by atoms with Crippen molar-refractivity contribution in [2.45, 2.75) is 38.2 Å². The topological polar surface area (TPSA) is 57.5 Å². The highest BCUT2D eigenvalue weighted by molar-refractivity contribution is 5.96. The van der Waals surface area contributed by atoms with Crippen LogP contribution in [0.4, 0.5) is 0 Å². The molecular formula is C9H14NO3. The maximum Gasteiger partial charge on any atom is 0.277 e. The highest BCUT2D eigenvalue weighted by Crippen LogP contribution is 2.11. The molecule has 1 rings (SSSR count). The third kappa shape index (κ3) is 3.14. The van der Waals surface area contributed by atoms with Crippen LogP contribution < -0.4 is 5.32 Å². The average Bonchev–Trinajstić information content (AvgIpc) is 2.16. The van der Waals surface area contributed by atoms with Crippen LogP contribution in [0.1, 0.15) is 32.1 Å². The fourth-order valence-electron chi connectivity index (χ4n) is 1.38. The second-order valence-corrected chi connectivity index (χ2v) is 3.17. The molecule has 0 spiro atoms. The molecule has 0 N–H and O–H groups in total. The number of methoxy groups -OCH3 is 1. The summed E-state index contributed by atoms with van der Waals surface area (Å²) in [4.78, 5) is 22.3. The van der Waals surface area contributed by atoms with Crippen molar-refractivity contribution in [3.63, 3.8) is 0 Å². The molecule has 0 bridgehead atoms. The number of amides is 2. The largest absolute Gasteiger partial charge is 0.372 e. The molecule has 1 aliphatic rings. The molecule has 1 unspecified atom stereocenters. The molecule has 4 nitrogen and oxygen atoms in total. The molecule has 1 atom stereocenters. The standard InChI is InChI=1S/C9H14NO3/c1-13-7-5-3-2-4-6-8(11)10-9(7)12/h7H,2-6H2,1H3. The molecule has 13 heavy (non-hydrogen) atoms. The van der Waals surface area contributed by atoms with Crippen LogP contribution in [0, 0.1) is 0 Å². The minimum atomic E-state index is -0.512. The summed E-state index contributed by atoms with van der Waals surface area (Å²) in [7, 11) is 1.47. The van der Waals surface area contributed by atoms with Gasteiger partial charge in [0.2, 0.25) is 5.91 Å². The maximum absolute atomic E-state index is 11.2. The molecular weight excluding hydrogens is 170 g/mol. The van der Waals surface area contributed by atoms with Crippen molar-refractivity contribution in [1.29, 1.82) is 0 Å². The molecule has 0 aromatic carbocycles. The highest BCUT2D eigenvalue weighted by atomic mass is 16.5. The van der Waals surface area contributed by atoms with Crippen LogP contribution >= 0.6 is 0 Å². The van der Waals surface area contributed by atoms with Crippen molar-refractivity contribution in [3.05, 3.63) is 0 Å². The molecule has 1 fully saturated rings. The van der Waals surface area contributed by atoms with E-state index in [0.717, 1.165) is 19.3 Å². The zero-order chi connectivity index (χ0) is 9.68. The minimum Gasteiger partial charge on any atom is -0.372 e. The first kappa shape index (κ1) is 10.2. The van der Waals surface area contributed by atoms with Crippen LogP contribution in [0.5, 0.6) is 0 Å². The normalized spacial score (nSPS) is 25.8. The van der Waals surface area contributed by atoms with Crippen LogP contribution in [0.2, 0.25) is 0 Å². The number of imide groups is 1. The van der Waals surface area contributed by atoms with Crippen LogP contribution in [-0.4, -0.2) is 25.0 Å². The molecule has 0 aromatic rings. The number of hydrogen-bond donors (Lipinski definition) is 0. The molecule has 1 aliphatic heterocycles. The lowest BCUT2D eigenvalue weighted by Crippen LogP contribution is -2.33. The van der Waals surface area contributed by atoms with Gasteiger partial charge in [-0.2, -0.15) is 5.32 Å². The van der Waals surface area contributed by atoms with E-state index < -0.39 is 12.0 Å². The van der Waals surface area contributed by atoms with Gasteiger partial charge in [0.05, 0.1) is 0 Å². The van der Waals surface area contributed by atoms with Gasteiger partial charge in [-0.15, -0.1) is 0 Å². The Kier molecular flexibility index (Phi) is 3.89. The van der Waals surface area contributed by atoms with E-state index in [1.807, 2.05) is 0 Å². The summed E-state index contributed by atoms with van der Waals surface area (Å²) in [5.41, 5.74) is 0. The minimum absolute atomic E-state index is 0.311. The molecule has 1 saturated heterocycles. The molecule has 0 saturated carbocycles. The van der Waals surface area contributed by atoms with Crippen molar-refractivity contribution in [3.8, 4) is 0 Å². The first-order valence-electron chi connectivity index (χ1n) is 4.55. The van der Waals surface area contributed by atoms with Gasteiger partial charge in [-0.3, -0.25) is 9.59 Å². The fraction of sp³-hybridized carbons (Fsp3) is 0.778. The number of rotatable bonds is 1. The monoisotopic (exact) mass is 184 g/mol. The van der Waals surface area contributed by atoms with E-state index in [9.17, 15) is 9.59 Å². The number of carbonyl (C=O) groups excluding carboxylic acids is 2. The zero-order valence-electron chi connectivity index (χ0n) is 7.78. The second-order valence-electron chi connectivity index (χ2n) is 3.17. The van der Waals surface area contributed by atoms with Gasteiger partial charge in [0.25, 0.3) is 5.91 Å². The Balaban J connectivity index is 2.55. The van der Waals surface area contributed by atoms with Crippen molar-refractivity contribution in [2.24, 2.45) is 0 Å². The zero-order valence-corrected chi connectivity index (χ0v) is 7.78. The molecule has 0 aromatic heterocycles. The lowest BCUT2D eigenvalue weighted by atomic mass is 10.1. The molecule has 1 heterocycles. The summed E-state index contributed by atoms with van der Waals surface area (Å²) in [6.45, 7) is 0. The molecule has 1 radical (unpaired) electrons. The Bertz CT molecular complexity index is 203. The average molecular weight is 184 g/mol.